The average molecular weight is 320 g/mol. The normalized spacial score (nSPS) is 18.8. The molecule has 0 aliphatic heterocycles. The maximum atomic E-state index is 12.2. The van der Waals surface area contributed by atoms with Crippen LogP contribution in [0, 0.1) is 0 Å². The maximum Gasteiger partial charge on any atom is 0.194 e. The highest BCUT2D eigenvalue weighted by atomic mass is 16.7. The van der Waals surface area contributed by atoms with E-state index in [4.69, 9.17) is 14.2 Å². The molecule has 0 atom stereocenters. The molecule has 0 bridgehead atoms. The number of hydrogen-bond acceptors (Lipinski definition) is 6. The van der Waals surface area contributed by atoms with E-state index in [1.165, 1.54) is 33.5 Å². The van der Waals surface area contributed by atoms with Crippen molar-refractivity contribution in [2.45, 2.75) is 18.6 Å². The van der Waals surface area contributed by atoms with Crippen molar-refractivity contribution >= 4 is 5.78 Å². The fourth-order valence-electron chi connectivity index (χ4n) is 2.44. The molecule has 0 radical (unpaired) electrons. The lowest BCUT2D eigenvalue weighted by molar-refractivity contribution is -0.178. The highest BCUT2D eigenvalue weighted by molar-refractivity contribution is 6.00. The van der Waals surface area contributed by atoms with E-state index in [1.54, 1.807) is 18.2 Å². The van der Waals surface area contributed by atoms with Gasteiger partial charge in [0.15, 0.2) is 23.1 Å². The molecule has 0 spiro atoms. The molecule has 1 aromatic rings. The second-order valence-corrected chi connectivity index (χ2v) is 5.20. The average Bonchev–Trinajstić information content (AvgIpc) is 2.54. The zero-order chi connectivity index (χ0) is 17.0. The van der Waals surface area contributed by atoms with Gasteiger partial charge in [-0.15, -0.1) is 0 Å². The Bertz CT molecular complexity index is 655. The minimum Gasteiger partial charge on any atom is -0.511 e. The van der Waals surface area contributed by atoms with Gasteiger partial charge in [0, 0.05) is 20.6 Å². The first-order chi connectivity index (χ1) is 10.9. The molecule has 6 heteroatoms. The van der Waals surface area contributed by atoms with Crippen molar-refractivity contribution in [1.82, 2.24) is 0 Å². The van der Waals surface area contributed by atoms with Crippen LogP contribution in [0.2, 0.25) is 0 Å². The summed E-state index contributed by atoms with van der Waals surface area (Å²) >= 11 is 0. The topological polar surface area (TPSA) is 85.2 Å². The summed E-state index contributed by atoms with van der Waals surface area (Å²) in [5.41, 5.74) is 0.870. The number of benzene rings is 1. The van der Waals surface area contributed by atoms with E-state index < -0.39 is 5.79 Å². The van der Waals surface area contributed by atoms with Crippen LogP contribution in [0.1, 0.15) is 12.0 Å². The van der Waals surface area contributed by atoms with Gasteiger partial charge in [-0.25, -0.2) is 0 Å². The molecule has 0 unspecified atom stereocenters. The molecule has 0 saturated heterocycles. The monoisotopic (exact) mass is 320 g/mol. The first-order valence-corrected chi connectivity index (χ1v) is 7.05. The molecule has 0 aromatic heterocycles. The zero-order valence-electron chi connectivity index (χ0n) is 13.3. The van der Waals surface area contributed by atoms with Gasteiger partial charge in [0.2, 0.25) is 0 Å². The summed E-state index contributed by atoms with van der Waals surface area (Å²) in [4.78, 5) is 12.2. The molecule has 0 fully saturated rings. The van der Waals surface area contributed by atoms with Crippen LogP contribution in [0.4, 0.5) is 0 Å². The number of methoxy groups -OCH3 is 3. The Kier molecular flexibility index (Phi) is 5.08. The van der Waals surface area contributed by atoms with Gasteiger partial charge in [-0.1, -0.05) is 6.07 Å². The van der Waals surface area contributed by atoms with E-state index in [2.05, 4.69) is 0 Å². The number of hydrogen-bond donors (Lipinski definition) is 2. The van der Waals surface area contributed by atoms with Gasteiger partial charge in [0.25, 0.3) is 0 Å². The van der Waals surface area contributed by atoms with E-state index in [9.17, 15) is 15.0 Å². The number of phenolic OH excluding ortho intramolecular Hbond substituents is 1. The van der Waals surface area contributed by atoms with Gasteiger partial charge in [-0.2, -0.15) is 0 Å². The maximum absolute atomic E-state index is 12.2. The molecule has 2 N–H and O–H groups in total. The minimum absolute atomic E-state index is 0.0102. The summed E-state index contributed by atoms with van der Waals surface area (Å²) in [7, 11) is 4.36. The van der Waals surface area contributed by atoms with Gasteiger partial charge in [0.1, 0.15) is 5.76 Å². The third-order valence-corrected chi connectivity index (χ3v) is 3.83. The van der Waals surface area contributed by atoms with Gasteiger partial charge >= 0.3 is 0 Å². The third kappa shape index (κ3) is 3.55. The Balaban J connectivity index is 2.25. The smallest absolute Gasteiger partial charge is 0.194 e. The van der Waals surface area contributed by atoms with Gasteiger partial charge in [-0.05, 0) is 29.8 Å². The van der Waals surface area contributed by atoms with Gasteiger partial charge < -0.3 is 24.4 Å². The number of phenols is 1. The Labute approximate surface area is 134 Å². The van der Waals surface area contributed by atoms with Crippen molar-refractivity contribution < 1.29 is 29.2 Å². The predicted octanol–water partition coefficient (Wildman–Crippen LogP) is 2.27. The number of allylic oxidation sites excluding steroid dienone is 3. The first kappa shape index (κ1) is 17.1. The number of rotatable bonds is 5. The molecule has 1 aliphatic rings. The highest BCUT2D eigenvalue weighted by Crippen LogP contribution is 2.30. The number of carbonyl (C=O) groups excluding carboxylic acids is 1. The van der Waals surface area contributed by atoms with Crippen LogP contribution in [-0.4, -0.2) is 43.1 Å². The molecule has 2 rings (SSSR count). The first-order valence-electron chi connectivity index (χ1n) is 7.05. The van der Waals surface area contributed by atoms with Crippen LogP contribution in [0.5, 0.6) is 11.5 Å². The summed E-state index contributed by atoms with van der Waals surface area (Å²) in [5.74, 6) is -1.10. The van der Waals surface area contributed by atoms with E-state index in [0.717, 1.165) is 0 Å². The molecule has 1 aliphatic carbocycles. The van der Waals surface area contributed by atoms with Crippen LogP contribution < -0.4 is 4.74 Å². The van der Waals surface area contributed by atoms with Crippen LogP contribution in [0.3, 0.4) is 0 Å². The molecule has 0 heterocycles. The van der Waals surface area contributed by atoms with Crippen molar-refractivity contribution in [3.05, 3.63) is 47.2 Å². The number of Topliss-reactive ketones (excluding diaryl/α,β-unsaturated/α-hetero) is 1. The second-order valence-electron chi connectivity index (χ2n) is 5.20. The number of aromatic hydroxyl groups is 1. The number of ketones is 1. The van der Waals surface area contributed by atoms with Crippen LogP contribution in [0.25, 0.3) is 0 Å². The fraction of sp³-hybridized carbons (Fsp3) is 0.353. The molecule has 0 amide bonds. The number of aliphatic hydroxyl groups is 1. The molecule has 1 aromatic carbocycles. The van der Waals surface area contributed by atoms with Gasteiger partial charge in [0.05, 0.1) is 19.1 Å². The Morgan fingerprint density at radius 1 is 1.26 bits per heavy atom. The Morgan fingerprint density at radius 3 is 2.48 bits per heavy atom. The van der Waals surface area contributed by atoms with Gasteiger partial charge in [-0.3, -0.25) is 4.79 Å². The molecule has 124 valence electrons. The molecule has 0 saturated carbocycles. The van der Waals surface area contributed by atoms with E-state index in [0.29, 0.717) is 11.3 Å². The number of ether oxygens (including phenoxy) is 3. The summed E-state index contributed by atoms with van der Waals surface area (Å²) in [6.45, 7) is 0. The minimum atomic E-state index is -1.08. The van der Waals surface area contributed by atoms with Crippen molar-refractivity contribution in [2.75, 3.05) is 21.3 Å². The lowest BCUT2D eigenvalue weighted by atomic mass is 9.93. The Hall–Kier alpha value is -2.31. The van der Waals surface area contributed by atoms with Crippen molar-refractivity contribution in [1.29, 1.82) is 0 Å². The quantitative estimate of drug-likeness (QED) is 0.492. The van der Waals surface area contributed by atoms with Crippen LogP contribution in [0.15, 0.2) is 41.7 Å². The summed E-state index contributed by atoms with van der Waals surface area (Å²) in [6, 6.07) is 4.80. The van der Waals surface area contributed by atoms with E-state index >= 15 is 0 Å². The number of carbonyl (C=O) groups is 1. The summed E-state index contributed by atoms with van der Waals surface area (Å²) in [5, 5.41) is 20.0. The zero-order valence-corrected chi connectivity index (χ0v) is 13.3. The molecule has 6 nitrogen and oxygen atoms in total. The highest BCUT2D eigenvalue weighted by Gasteiger charge is 2.35. The Morgan fingerprint density at radius 2 is 1.96 bits per heavy atom. The lowest BCUT2D eigenvalue weighted by Gasteiger charge is -2.30. The predicted molar refractivity (Wildman–Crippen MR) is 83.5 cm³/mol. The fourth-order valence-corrected chi connectivity index (χ4v) is 2.44. The van der Waals surface area contributed by atoms with Crippen molar-refractivity contribution in [2.24, 2.45) is 0 Å². The largest absolute Gasteiger partial charge is 0.511 e. The number of aliphatic hydroxyl groups excluding tert-OH is 1. The summed E-state index contributed by atoms with van der Waals surface area (Å²) < 4.78 is 15.4. The second kappa shape index (κ2) is 6.85. The van der Waals surface area contributed by atoms with Crippen molar-refractivity contribution in [3.8, 4) is 11.5 Å². The van der Waals surface area contributed by atoms with E-state index in [-0.39, 0.29) is 35.7 Å². The lowest BCUT2D eigenvalue weighted by Crippen LogP contribution is -2.37. The molecular weight excluding hydrogens is 300 g/mol. The third-order valence-electron chi connectivity index (χ3n) is 3.83. The molecule has 23 heavy (non-hydrogen) atoms. The van der Waals surface area contributed by atoms with Crippen LogP contribution in [-0.2, 0) is 20.7 Å². The van der Waals surface area contributed by atoms with E-state index in [1.807, 2.05) is 0 Å². The van der Waals surface area contributed by atoms with Crippen LogP contribution >= 0.6 is 0 Å². The SMILES string of the molecule is COc1ccc(CC(O)=C2C=CC(OC)(OC)CC2=O)cc1O. The van der Waals surface area contributed by atoms with Crippen molar-refractivity contribution in [3.63, 3.8) is 0 Å². The standard InChI is InChI=1S/C17H20O6/c1-21-16-5-4-11(9-14(16)19)8-13(18)12-6-7-17(22-2,23-3)10-15(12)20/h4-7,9,18-19H,8,10H2,1-3H3. The molecular formula is C17H20O6. The summed E-state index contributed by atoms with van der Waals surface area (Å²) in [6.07, 6.45) is 3.21.